The molecule has 6 nitrogen and oxygen atoms in total. The van der Waals surface area contributed by atoms with Gasteiger partial charge in [-0.15, -0.1) is 0 Å². The molecule has 0 spiro atoms. The second-order valence-electron chi connectivity index (χ2n) is 10.8. The zero-order chi connectivity index (χ0) is 29.9. The maximum Gasteiger partial charge on any atom is 0.257 e. The van der Waals surface area contributed by atoms with Crippen LogP contribution in [0, 0.1) is 0 Å². The Bertz CT molecular complexity index is 1330. The minimum Gasteiger partial charge on any atom is -0.490 e. The third-order valence-electron chi connectivity index (χ3n) is 6.61. The van der Waals surface area contributed by atoms with E-state index in [9.17, 15) is 9.59 Å². The molecule has 0 bridgehead atoms. The van der Waals surface area contributed by atoms with Crippen LogP contribution in [0.3, 0.4) is 0 Å². The molecule has 0 aliphatic rings. The van der Waals surface area contributed by atoms with E-state index in [1.54, 1.807) is 21.9 Å². The number of ether oxygens (including phenoxy) is 2. The fourth-order valence-corrected chi connectivity index (χ4v) is 4.69. The Hall–Kier alpha value is -4.58. The standard InChI is InChI=1S/C36H40N2O4/c1-27(2)41-33-21-13-11-19-31(33)35(39)37(25-29-15-7-5-8-16-29)23-24-38(26-30-17-9-6-10-18-30)36(40)32-20-12-14-22-34(32)42-28(3)4/h5-22,27-28H,23-26H2,1-4H3. The van der Waals surface area contributed by atoms with Crippen LogP contribution in [0.4, 0.5) is 0 Å². The van der Waals surface area contributed by atoms with E-state index in [2.05, 4.69) is 0 Å². The number of para-hydroxylation sites is 2. The Balaban J connectivity index is 1.65. The van der Waals surface area contributed by atoms with Gasteiger partial charge in [-0.3, -0.25) is 9.59 Å². The molecule has 0 saturated carbocycles. The maximum atomic E-state index is 14.1. The van der Waals surface area contributed by atoms with Crippen molar-refractivity contribution in [2.24, 2.45) is 0 Å². The predicted octanol–water partition coefficient (Wildman–Crippen LogP) is 7.25. The van der Waals surface area contributed by atoms with Gasteiger partial charge < -0.3 is 19.3 Å². The first kappa shape index (κ1) is 30.4. The second kappa shape index (κ2) is 14.9. The smallest absolute Gasteiger partial charge is 0.257 e. The molecular formula is C36H40N2O4. The quantitative estimate of drug-likeness (QED) is 0.172. The van der Waals surface area contributed by atoms with E-state index in [4.69, 9.17) is 9.47 Å². The number of carbonyl (C=O) groups excluding carboxylic acids is 2. The molecule has 4 aromatic carbocycles. The highest BCUT2D eigenvalue weighted by atomic mass is 16.5. The van der Waals surface area contributed by atoms with Crippen molar-refractivity contribution in [3.8, 4) is 11.5 Å². The molecule has 6 heteroatoms. The summed E-state index contributed by atoms with van der Waals surface area (Å²) in [6.45, 7) is 9.22. The molecule has 0 saturated heterocycles. The van der Waals surface area contributed by atoms with Gasteiger partial charge in [-0.2, -0.15) is 0 Å². The summed E-state index contributed by atoms with van der Waals surface area (Å²) in [5.41, 5.74) is 3.01. The monoisotopic (exact) mass is 564 g/mol. The summed E-state index contributed by atoms with van der Waals surface area (Å²) >= 11 is 0. The number of nitrogens with zero attached hydrogens (tertiary/aromatic N) is 2. The average molecular weight is 565 g/mol. The van der Waals surface area contributed by atoms with Crippen LogP contribution >= 0.6 is 0 Å². The predicted molar refractivity (Wildman–Crippen MR) is 167 cm³/mol. The Morgan fingerprint density at radius 3 is 1.21 bits per heavy atom. The molecule has 0 fully saturated rings. The molecule has 0 atom stereocenters. The first-order chi connectivity index (χ1) is 20.3. The van der Waals surface area contributed by atoms with Gasteiger partial charge in [0.1, 0.15) is 11.5 Å². The lowest BCUT2D eigenvalue weighted by Crippen LogP contribution is -2.41. The largest absolute Gasteiger partial charge is 0.490 e. The van der Waals surface area contributed by atoms with Crippen molar-refractivity contribution in [3.63, 3.8) is 0 Å². The van der Waals surface area contributed by atoms with E-state index in [1.807, 2.05) is 125 Å². The van der Waals surface area contributed by atoms with Crippen LogP contribution in [0.1, 0.15) is 59.5 Å². The van der Waals surface area contributed by atoms with Gasteiger partial charge in [-0.05, 0) is 63.1 Å². The van der Waals surface area contributed by atoms with E-state index < -0.39 is 0 Å². The van der Waals surface area contributed by atoms with Gasteiger partial charge in [-0.25, -0.2) is 0 Å². The SMILES string of the molecule is CC(C)Oc1ccccc1C(=O)N(CCN(Cc1ccccc1)C(=O)c1ccccc1OC(C)C)Cc1ccccc1. The normalized spacial score (nSPS) is 10.9. The van der Waals surface area contributed by atoms with Gasteiger partial charge in [0, 0.05) is 26.2 Å². The highest BCUT2D eigenvalue weighted by molar-refractivity contribution is 5.98. The first-order valence-corrected chi connectivity index (χ1v) is 14.5. The van der Waals surface area contributed by atoms with Crippen molar-refractivity contribution in [2.45, 2.75) is 53.0 Å². The zero-order valence-electron chi connectivity index (χ0n) is 24.9. The zero-order valence-corrected chi connectivity index (χ0v) is 24.9. The molecule has 0 aliphatic heterocycles. The molecule has 0 N–H and O–H groups in total. The molecule has 0 aromatic heterocycles. The molecule has 0 radical (unpaired) electrons. The summed E-state index contributed by atoms with van der Waals surface area (Å²) in [4.78, 5) is 31.7. The fraction of sp³-hybridized carbons (Fsp3) is 0.278. The maximum absolute atomic E-state index is 14.1. The Labute approximate surface area is 249 Å². The number of rotatable bonds is 13. The summed E-state index contributed by atoms with van der Waals surface area (Å²) < 4.78 is 12.0. The molecule has 4 aromatic rings. The molecule has 0 heterocycles. The summed E-state index contributed by atoms with van der Waals surface area (Å²) in [7, 11) is 0. The second-order valence-corrected chi connectivity index (χ2v) is 10.8. The van der Waals surface area contributed by atoms with Crippen molar-refractivity contribution in [1.29, 1.82) is 0 Å². The Kier molecular flexibility index (Phi) is 10.8. The van der Waals surface area contributed by atoms with E-state index in [1.165, 1.54) is 0 Å². The Morgan fingerprint density at radius 1 is 0.524 bits per heavy atom. The average Bonchev–Trinajstić information content (AvgIpc) is 2.99. The molecule has 4 rings (SSSR count). The third-order valence-corrected chi connectivity index (χ3v) is 6.61. The van der Waals surface area contributed by atoms with E-state index in [-0.39, 0.29) is 24.0 Å². The van der Waals surface area contributed by atoms with Gasteiger partial charge in [0.05, 0.1) is 23.3 Å². The van der Waals surface area contributed by atoms with Crippen LogP contribution in [0.15, 0.2) is 109 Å². The van der Waals surface area contributed by atoms with Gasteiger partial charge in [-0.1, -0.05) is 84.9 Å². The number of benzene rings is 4. The highest BCUT2D eigenvalue weighted by Gasteiger charge is 2.25. The van der Waals surface area contributed by atoms with E-state index in [0.717, 1.165) is 11.1 Å². The first-order valence-electron chi connectivity index (χ1n) is 14.5. The van der Waals surface area contributed by atoms with Gasteiger partial charge in [0.2, 0.25) is 0 Å². The lowest BCUT2D eigenvalue weighted by Gasteiger charge is -2.29. The summed E-state index contributed by atoms with van der Waals surface area (Å²) in [5.74, 6) is 0.802. The van der Waals surface area contributed by atoms with Crippen LogP contribution < -0.4 is 9.47 Å². The summed E-state index contributed by atoms with van der Waals surface area (Å²) in [6.07, 6.45) is -0.151. The fourth-order valence-electron chi connectivity index (χ4n) is 4.69. The molecule has 218 valence electrons. The van der Waals surface area contributed by atoms with Crippen LogP contribution in [-0.4, -0.2) is 46.9 Å². The van der Waals surface area contributed by atoms with E-state index in [0.29, 0.717) is 48.8 Å². The van der Waals surface area contributed by atoms with Crippen molar-refractivity contribution in [1.82, 2.24) is 9.80 Å². The van der Waals surface area contributed by atoms with Crippen LogP contribution in [0.25, 0.3) is 0 Å². The lowest BCUT2D eigenvalue weighted by atomic mass is 10.1. The molecular weight excluding hydrogens is 524 g/mol. The van der Waals surface area contributed by atoms with Crippen molar-refractivity contribution >= 4 is 11.8 Å². The molecule has 0 unspecified atom stereocenters. The van der Waals surface area contributed by atoms with Gasteiger partial charge in [0.25, 0.3) is 11.8 Å². The molecule has 2 amide bonds. The number of amides is 2. The topological polar surface area (TPSA) is 59.1 Å². The third kappa shape index (κ3) is 8.46. The lowest BCUT2D eigenvalue weighted by molar-refractivity contribution is 0.0637. The minimum atomic E-state index is -0.147. The number of hydrogen-bond acceptors (Lipinski definition) is 4. The summed E-state index contributed by atoms with van der Waals surface area (Å²) in [5, 5.41) is 0. The van der Waals surface area contributed by atoms with E-state index >= 15 is 0 Å². The van der Waals surface area contributed by atoms with Crippen molar-refractivity contribution < 1.29 is 19.1 Å². The van der Waals surface area contributed by atoms with Crippen LogP contribution in [0.5, 0.6) is 11.5 Å². The molecule has 42 heavy (non-hydrogen) atoms. The van der Waals surface area contributed by atoms with Gasteiger partial charge >= 0.3 is 0 Å². The molecule has 0 aliphatic carbocycles. The number of hydrogen-bond donors (Lipinski definition) is 0. The van der Waals surface area contributed by atoms with Gasteiger partial charge in [0.15, 0.2) is 0 Å². The van der Waals surface area contributed by atoms with Crippen LogP contribution in [-0.2, 0) is 13.1 Å². The summed E-state index contributed by atoms with van der Waals surface area (Å²) in [6, 6.07) is 34.4. The van der Waals surface area contributed by atoms with Crippen LogP contribution in [0.2, 0.25) is 0 Å². The minimum absolute atomic E-state index is 0.0753. The Morgan fingerprint density at radius 2 is 0.857 bits per heavy atom. The highest BCUT2D eigenvalue weighted by Crippen LogP contribution is 2.24. The van der Waals surface area contributed by atoms with Crippen molar-refractivity contribution in [3.05, 3.63) is 131 Å². The number of carbonyl (C=O) groups is 2. The van der Waals surface area contributed by atoms with Crippen molar-refractivity contribution in [2.75, 3.05) is 13.1 Å².